The van der Waals surface area contributed by atoms with E-state index in [1.807, 2.05) is 0 Å². The molecule has 1 aromatic rings. The molecule has 0 spiro atoms. The zero-order valence-electron chi connectivity index (χ0n) is 15.5. The van der Waals surface area contributed by atoms with Crippen LogP contribution in [0.2, 0.25) is 0 Å². The molecule has 5 rings (SSSR count). The summed E-state index contributed by atoms with van der Waals surface area (Å²) in [7, 11) is 0. The van der Waals surface area contributed by atoms with Crippen molar-refractivity contribution in [1.29, 1.82) is 0 Å². The number of nitro benzene ring substituents is 1. The van der Waals surface area contributed by atoms with Crippen LogP contribution in [0.3, 0.4) is 0 Å². The first-order chi connectivity index (χ1) is 13.0. The van der Waals surface area contributed by atoms with Gasteiger partial charge in [0.2, 0.25) is 0 Å². The number of carbonyl (C=O) groups is 1. The first kappa shape index (κ1) is 18.4. The quantitative estimate of drug-likeness (QED) is 0.489. The minimum Gasteiger partial charge on any atom is -0.458 e. The summed E-state index contributed by atoms with van der Waals surface area (Å²) < 4.78 is 5.52. The Morgan fingerprint density at radius 3 is 2.00 bits per heavy atom. The number of non-ortho nitro benzene ring substituents is 1. The molecule has 1 N–H and O–H groups in total. The Morgan fingerprint density at radius 1 is 0.963 bits per heavy atom. The van der Waals surface area contributed by atoms with Gasteiger partial charge >= 0.3 is 5.97 Å². The summed E-state index contributed by atoms with van der Waals surface area (Å²) in [5, 5.41) is 19.8. The molecule has 4 fully saturated rings. The fourth-order valence-electron chi connectivity index (χ4n) is 5.47. The molecule has 0 radical (unpaired) electrons. The van der Waals surface area contributed by atoms with E-state index in [0.29, 0.717) is 17.4 Å². The van der Waals surface area contributed by atoms with Crippen LogP contribution in [0.5, 0.6) is 0 Å². The molecule has 6 atom stereocenters. The lowest BCUT2D eigenvalue weighted by Crippen LogP contribution is -2.24. The number of ether oxygens (including phenoxy) is 1. The highest BCUT2D eigenvalue weighted by Gasteiger charge is 2.41. The largest absolute Gasteiger partial charge is 0.458 e. The molecule has 0 heterocycles. The Kier molecular flexibility index (Phi) is 5.17. The van der Waals surface area contributed by atoms with Gasteiger partial charge in [0, 0.05) is 12.1 Å². The molecule has 27 heavy (non-hydrogen) atoms. The second kappa shape index (κ2) is 7.58. The fourth-order valence-corrected chi connectivity index (χ4v) is 5.47. The summed E-state index contributed by atoms with van der Waals surface area (Å²) in [6, 6.07) is 5.57. The van der Waals surface area contributed by atoms with Crippen LogP contribution < -0.4 is 0 Å². The lowest BCUT2D eigenvalue weighted by atomic mass is 9.98. The zero-order valence-corrected chi connectivity index (χ0v) is 15.5. The van der Waals surface area contributed by atoms with Crippen molar-refractivity contribution in [3.63, 3.8) is 0 Å². The van der Waals surface area contributed by atoms with Gasteiger partial charge in [0.05, 0.1) is 16.6 Å². The first-order valence-corrected chi connectivity index (χ1v) is 10.1. The lowest BCUT2D eigenvalue weighted by Gasteiger charge is -2.21. The smallest absolute Gasteiger partial charge is 0.338 e. The number of nitro groups is 1. The highest BCUT2D eigenvalue weighted by Crippen LogP contribution is 2.46. The van der Waals surface area contributed by atoms with Gasteiger partial charge in [-0.25, -0.2) is 4.79 Å². The summed E-state index contributed by atoms with van der Waals surface area (Å²) in [6.07, 6.45) is 9.80. The molecule has 1 aromatic carbocycles. The Morgan fingerprint density at radius 2 is 1.59 bits per heavy atom. The number of benzene rings is 1. The van der Waals surface area contributed by atoms with E-state index < -0.39 is 4.92 Å². The molecule has 0 amide bonds. The number of aliphatic hydroxyl groups excluding tert-OH is 1. The Balaban J connectivity index is 0.000000186. The maximum atomic E-state index is 12.0. The van der Waals surface area contributed by atoms with E-state index >= 15 is 0 Å². The van der Waals surface area contributed by atoms with Gasteiger partial charge in [0.25, 0.3) is 5.69 Å². The van der Waals surface area contributed by atoms with E-state index in [4.69, 9.17) is 4.74 Å². The maximum absolute atomic E-state index is 12.0. The molecule has 0 saturated heterocycles. The van der Waals surface area contributed by atoms with Crippen LogP contribution in [0.15, 0.2) is 24.3 Å². The average molecular weight is 373 g/mol. The maximum Gasteiger partial charge on any atom is 0.338 e. The van der Waals surface area contributed by atoms with E-state index in [1.165, 1.54) is 56.4 Å². The van der Waals surface area contributed by atoms with E-state index in [9.17, 15) is 20.0 Å². The van der Waals surface area contributed by atoms with Gasteiger partial charge < -0.3 is 9.84 Å². The van der Waals surface area contributed by atoms with Crippen molar-refractivity contribution >= 4 is 11.7 Å². The fraction of sp³-hybridized carbons (Fsp3) is 0.667. The van der Waals surface area contributed by atoms with Crippen LogP contribution in [-0.2, 0) is 4.74 Å². The number of fused-ring (bicyclic) bond motifs is 4. The number of esters is 1. The molecule has 6 heteroatoms. The Hall–Kier alpha value is -1.95. The molecular formula is C21H27NO5. The molecule has 4 aliphatic rings. The monoisotopic (exact) mass is 373 g/mol. The van der Waals surface area contributed by atoms with Gasteiger partial charge in [-0.15, -0.1) is 0 Å². The van der Waals surface area contributed by atoms with Gasteiger partial charge in [0.1, 0.15) is 6.10 Å². The van der Waals surface area contributed by atoms with Crippen molar-refractivity contribution in [2.24, 2.45) is 23.7 Å². The van der Waals surface area contributed by atoms with Crippen molar-refractivity contribution in [3.8, 4) is 0 Å². The second-order valence-electron chi connectivity index (χ2n) is 8.66. The first-order valence-electron chi connectivity index (χ1n) is 10.1. The van der Waals surface area contributed by atoms with Gasteiger partial charge in [-0.05, 0) is 87.2 Å². The van der Waals surface area contributed by atoms with Crippen molar-refractivity contribution in [2.45, 2.75) is 63.6 Å². The third-order valence-corrected chi connectivity index (χ3v) is 6.95. The Bertz CT molecular complexity index is 701. The molecule has 4 bridgehead atoms. The summed E-state index contributed by atoms with van der Waals surface area (Å²) in [5.41, 5.74) is 0.366. The number of aliphatic hydroxyl groups is 1. The zero-order chi connectivity index (χ0) is 19.0. The van der Waals surface area contributed by atoms with E-state index in [0.717, 1.165) is 31.1 Å². The van der Waals surface area contributed by atoms with Gasteiger partial charge in [-0.1, -0.05) is 0 Å². The van der Waals surface area contributed by atoms with Crippen LogP contribution in [0.4, 0.5) is 5.69 Å². The third-order valence-electron chi connectivity index (χ3n) is 6.95. The Labute approximate surface area is 159 Å². The number of carbonyl (C=O) groups excluding carboxylic acids is 1. The van der Waals surface area contributed by atoms with Crippen molar-refractivity contribution in [2.75, 3.05) is 0 Å². The van der Waals surface area contributed by atoms with Crippen LogP contribution in [-0.4, -0.2) is 28.2 Å². The van der Waals surface area contributed by atoms with Crippen molar-refractivity contribution in [3.05, 3.63) is 39.9 Å². The molecule has 6 unspecified atom stereocenters. The molecular weight excluding hydrogens is 346 g/mol. The molecule has 0 aliphatic heterocycles. The number of rotatable bonds is 3. The van der Waals surface area contributed by atoms with Gasteiger partial charge in [-0.2, -0.15) is 0 Å². The standard InChI is InChI=1S/C14H15NO4.C7H12O/c16-14(10-3-5-12(6-4-10)15(17)18)19-13-8-9-1-2-11(13)7-9;8-7-4-5-1-2-6(7)3-5/h3-6,9,11,13H,1-2,7-8H2;5-8H,1-4H2. The number of hydrogen-bond acceptors (Lipinski definition) is 5. The summed E-state index contributed by atoms with van der Waals surface area (Å²) in [6.45, 7) is 0. The predicted molar refractivity (Wildman–Crippen MR) is 99.2 cm³/mol. The highest BCUT2D eigenvalue weighted by molar-refractivity contribution is 5.89. The van der Waals surface area contributed by atoms with Crippen LogP contribution >= 0.6 is 0 Å². The number of nitrogens with zero attached hydrogens (tertiary/aromatic N) is 1. The average Bonchev–Trinajstić information content (AvgIpc) is 3.43. The van der Waals surface area contributed by atoms with Crippen molar-refractivity contribution in [1.82, 2.24) is 0 Å². The highest BCUT2D eigenvalue weighted by atomic mass is 16.6. The van der Waals surface area contributed by atoms with Crippen LogP contribution in [0.1, 0.15) is 61.7 Å². The van der Waals surface area contributed by atoms with Gasteiger partial charge in [0.15, 0.2) is 0 Å². The summed E-state index contributed by atoms with van der Waals surface area (Å²) in [5.74, 6) is 2.47. The van der Waals surface area contributed by atoms with Gasteiger partial charge in [-0.3, -0.25) is 10.1 Å². The van der Waals surface area contributed by atoms with Crippen molar-refractivity contribution < 1.29 is 19.6 Å². The third kappa shape index (κ3) is 4.00. The minimum absolute atomic E-state index is 0.0172. The normalized spacial score (nSPS) is 35.6. The predicted octanol–water partition coefficient (Wildman–Crippen LogP) is 4.11. The lowest BCUT2D eigenvalue weighted by molar-refractivity contribution is -0.384. The van der Waals surface area contributed by atoms with E-state index in [-0.39, 0.29) is 23.9 Å². The van der Waals surface area contributed by atoms with Crippen LogP contribution in [0, 0.1) is 33.8 Å². The molecule has 146 valence electrons. The molecule has 4 saturated carbocycles. The summed E-state index contributed by atoms with van der Waals surface area (Å²) >= 11 is 0. The topological polar surface area (TPSA) is 89.7 Å². The second-order valence-corrected chi connectivity index (χ2v) is 8.66. The molecule has 6 nitrogen and oxygen atoms in total. The minimum atomic E-state index is -0.481. The molecule has 4 aliphatic carbocycles. The molecule has 0 aromatic heterocycles. The SMILES string of the molecule is O=C(OC1CC2CCC1C2)c1ccc([N+](=O)[O-])cc1.OC1CC2CCC1C2. The number of hydrogen-bond donors (Lipinski definition) is 1. The van der Waals surface area contributed by atoms with E-state index in [2.05, 4.69) is 0 Å². The van der Waals surface area contributed by atoms with Crippen LogP contribution in [0.25, 0.3) is 0 Å². The van der Waals surface area contributed by atoms with E-state index in [1.54, 1.807) is 0 Å². The summed E-state index contributed by atoms with van der Waals surface area (Å²) in [4.78, 5) is 22.0.